The maximum atomic E-state index is 12.3. The summed E-state index contributed by atoms with van der Waals surface area (Å²) < 4.78 is 12.9. The molecule has 3 aromatic rings. The molecule has 2 aromatic heterocycles. The van der Waals surface area contributed by atoms with Crippen LogP contribution in [0.5, 0.6) is 11.5 Å². The highest BCUT2D eigenvalue weighted by Gasteiger charge is 2.13. The number of amides is 1. The Morgan fingerprint density at radius 2 is 1.86 bits per heavy atom. The normalized spacial score (nSPS) is 12.6. The van der Waals surface area contributed by atoms with Crippen molar-refractivity contribution in [3.63, 3.8) is 0 Å². The van der Waals surface area contributed by atoms with Crippen molar-refractivity contribution in [2.24, 2.45) is 0 Å². The van der Waals surface area contributed by atoms with Crippen molar-refractivity contribution in [3.05, 3.63) is 65.1 Å². The van der Waals surface area contributed by atoms with Crippen molar-refractivity contribution in [2.75, 3.05) is 13.2 Å². The molecule has 0 spiro atoms. The first-order valence-corrected chi connectivity index (χ1v) is 9.22. The number of fused-ring (bicyclic) bond motifs is 1. The number of rotatable bonds is 5. The van der Waals surface area contributed by atoms with E-state index in [2.05, 4.69) is 15.4 Å². The van der Waals surface area contributed by atoms with Crippen molar-refractivity contribution >= 4 is 5.91 Å². The van der Waals surface area contributed by atoms with Gasteiger partial charge in [-0.1, -0.05) is 12.1 Å². The van der Waals surface area contributed by atoms with Gasteiger partial charge in [-0.2, -0.15) is 5.10 Å². The van der Waals surface area contributed by atoms with Crippen molar-refractivity contribution in [2.45, 2.75) is 26.8 Å². The molecule has 0 bridgehead atoms. The Morgan fingerprint density at radius 1 is 1.07 bits per heavy atom. The monoisotopic (exact) mass is 378 g/mol. The van der Waals surface area contributed by atoms with Gasteiger partial charge in [0.2, 0.25) is 5.91 Å². The first kappa shape index (κ1) is 18.0. The molecular formula is C21H22N4O3. The van der Waals surface area contributed by atoms with Gasteiger partial charge in [-0.3, -0.25) is 4.79 Å². The average molecular weight is 378 g/mol. The topological polar surface area (TPSA) is 78.3 Å². The van der Waals surface area contributed by atoms with Crippen LogP contribution in [-0.4, -0.2) is 33.9 Å². The third-order valence-corrected chi connectivity index (χ3v) is 4.50. The fourth-order valence-electron chi connectivity index (χ4n) is 3.15. The van der Waals surface area contributed by atoms with Gasteiger partial charge in [-0.15, -0.1) is 0 Å². The molecule has 1 aliphatic rings. The summed E-state index contributed by atoms with van der Waals surface area (Å²) >= 11 is 0. The number of aryl methyl sites for hydroxylation is 2. The van der Waals surface area contributed by atoms with Crippen molar-refractivity contribution in [3.8, 4) is 17.3 Å². The summed E-state index contributed by atoms with van der Waals surface area (Å²) in [6.07, 6.45) is 2.05. The largest absolute Gasteiger partial charge is 0.486 e. The van der Waals surface area contributed by atoms with Gasteiger partial charge in [-0.25, -0.2) is 9.67 Å². The highest BCUT2D eigenvalue weighted by Crippen LogP contribution is 2.30. The van der Waals surface area contributed by atoms with Gasteiger partial charge >= 0.3 is 0 Å². The first-order valence-electron chi connectivity index (χ1n) is 9.22. The molecule has 144 valence electrons. The number of hydrogen-bond donors (Lipinski definition) is 1. The lowest BCUT2D eigenvalue weighted by Gasteiger charge is -2.18. The number of aromatic nitrogens is 3. The molecule has 0 fully saturated rings. The predicted molar refractivity (Wildman–Crippen MR) is 104 cm³/mol. The van der Waals surface area contributed by atoms with Crippen LogP contribution in [0.25, 0.3) is 5.82 Å². The Bertz CT molecular complexity index is 995. The van der Waals surface area contributed by atoms with E-state index in [1.165, 1.54) is 0 Å². The van der Waals surface area contributed by atoms with Gasteiger partial charge < -0.3 is 14.8 Å². The molecule has 1 amide bonds. The second-order valence-electron chi connectivity index (χ2n) is 6.80. The van der Waals surface area contributed by atoms with Crippen LogP contribution < -0.4 is 14.8 Å². The first-order chi connectivity index (χ1) is 13.6. The molecule has 0 radical (unpaired) electrons. The van der Waals surface area contributed by atoms with E-state index in [4.69, 9.17) is 9.47 Å². The quantitative estimate of drug-likeness (QED) is 0.738. The van der Waals surface area contributed by atoms with Crippen LogP contribution in [-0.2, 0) is 17.8 Å². The fraction of sp³-hybridized carbons (Fsp3) is 0.286. The number of pyridine rings is 1. The molecule has 0 saturated carbocycles. The van der Waals surface area contributed by atoms with E-state index in [0.717, 1.165) is 34.1 Å². The molecule has 1 N–H and O–H groups in total. The van der Waals surface area contributed by atoms with E-state index in [1.54, 1.807) is 10.9 Å². The standard InChI is InChI=1S/C21H22N4O3/c1-14-9-15(2)25(24-14)20-6-4-17(12-22-20)13-23-21(26)11-16-3-5-18-19(10-16)28-8-7-27-18/h3-6,9-10,12H,7-8,11,13H2,1-2H3,(H,23,26). The van der Waals surface area contributed by atoms with Crippen LogP contribution in [0.4, 0.5) is 0 Å². The molecule has 0 saturated heterocycles. The van der Waals surface area contributed by atoms with Gasteiger partial charge in [0, 0.05) is 18.4 Å². The average Bonchev–Trinajstić information content (AvgIpc) is 3.05. The maximum Gasteiger partial charge on any atom is 0.224 e. The van der Waals surface area contributed by atoms with E-state index in [9.17, 15) is 4.79 Å². The van der Waals surface area contributed by atoms with Gasteiger partial charge in [0.1, 0.15) is 13.2 Å². The fourth-order valence-corrected chi connectivity index (χ4v) is 3.15. The predicted octanol–water partition coefficient (Wildman–Crippen LogP) is 2.51. The number of carbonyl (C=O) groups is 1. The van der Waals surface area contributed by atoms with Gasteiger partial charge in [-0.05, 0) is 49.2 Å². The summed E-state index contributed by atoms with van der Waals surface area (Å²) in [5.74, 6) is 2.13. The number of nitrogens with zero attached hydrogens (tertiary/aromatic N) is 3. The molecule has 7 heteroatoms. The van der Waals surface area contributed by atoms with Crippen LogP contribution in [0, 0.1) is 13.8 Å². The lowest BCUT2D eigenvalue weighted by Crippen LogP contribution is -2.24. The Balaban J connectivity index is 1.34. The zero-order valence-corrected chi connectivity index (χ0v) is 15.9. The molecule has 1 aromatic carbocycles. The second kappa shape index (κ2) is 7.72. The lowest BCUT2D eigenvalue weighted by atomic mass is 10.1. The zero-order chi connectivity index (χ0) is 19.5. The number of benzene rings is 1. The van der Waals surface area contributed by atoms with E-state index >= 15 is 0 Å². The minimum absolute atomic E-state index is 0.0562. The molecule has 0 unspecified atom stereocenters. The smallest absolute Gasteiger partial charge is 0.224 e. The van der Waals surface area contributed by atoms with Crippen LogP contribution in [0.2, 0.25) is 0 Å². The van der Waals surface area contributed by atoms with Crippen LogP contribution in [0.3, 0.4) is 0 Å². The van der Waals surface area contributed by atoms with E-state index in [-0.39, 0.29) is 12.3 Å². The number of hydrogen-bond acceptors (Lipinski definition) is 5. The number of carbonyl (C=O) groups excluding carboxylic acids is 1. The number of nitrogens with one attached hydrogen (secondary N) is 1. The summed E-state index contributed by atoms with van der Waals surface area (Å²) in [6.45, 7) is 5.46. The van der Waals surface area contributed by atoms with Crippen molar-refractivity contribution < 1.29 is 14.3 Å². The highest BCUT2D eigenvalue weighted by atomic mass is 16.6. The van der Waals surface area contributed by atoms with Gasteiger partial charge in [0.25, 0.3) is 0 Å². The minimum Gasteiger partial charge on any atom is -0.486 e. The van der Waals surface area contributed by atoms with Gasteiger partial charge in [0.15, 0.2) is 17.3 Å². The van der Waals surface area contributed by atoms with E-state index < -0.39 is 0 Å². The molecule has 4 rings (SSSR count). The van der Waals surface area contributed by atoms with Crippen LogP contribution in [0.15, 0.2) is 42.6 Å². The summed E-state index contributed by atoms with van der Waals surface area (Å²) in [4.78, 5) is 16.7. The van der Waals surface area contributed by atoms with E-state index in [1.807, 2.05) is 50.2 Å². The summed E-state index contributed by atoms with van der Waals surface area (Å²) in [7, 11) is 0. The third-order valence-electron chi connectivity index (χ3n) is 4.50. The Labute approximate surface area is 163 Å². The summed E-state index contributed by atoms with van der Waals surface area (Å²) in [5.41, 5.74) is 3.81. The molecule has 28 heavy (non-hydrogen) atoms. The molecule has 0 aliphatic carbocycles. The van der Waals surface area contributed by atoms with Crippen LogP contribution in [0.1, 0.15) is 22.5 Å². The molecular weight excluding hydrogens is 356 g/mol. The molecule has 1 aliphatic heterocycles. The SMILES string of the molecule is Cc1cc(C)n(-c2ccc(CNC(=O)Cc3ccc4c(c3)OCCO4)cn2)n1. The zero-order valence-electron chi connectivity index (χ0n) is 15.9. The van der Waals surface area contributed by atoms with E-state index in [0.29, 0.717) is 25.5 Å². The summed E-state index contributed by atoms with van der Waals surface area (Å²) in [5, 5.41) is 7.36. The Hall–Kier alpha value is -3.35. The Morgan fingerprint density at radius 3 is 2.57 bits per heavy atom. The van der Waals surface area contributed by atoms with Gasteiger partial charge in [0.05, 0.1) is 12.1 Å². The molecule has 3 heterocycles. The Kier molecular flexibility index (Phi) is 4.97. The third kappa shape index (κ3) is 3.98. The summed E-state index contributed by atoms with van der Waals surface area (Å²) in [6, 6.07) is 11.5. The number of ether oxygens (including phenoxy) is 2. The second-order valence-corrected chi connectivity index (χ2v) is 6.80. The van der Waals surface area contributed by atoms with Crippen LogP contribution >= 0.6 is 0 Å². The molecule has 0 atom stereocenters. The minimum atomic E-state index is -0.0562. The lowest BCUT2D eigenvalue weighted by molar-refractivity contribution is -0.120. The van der Waals surface area contributed by atoms with Crippen molar-refractivity contribution in [1.82, 2.24) is 20.1 Å². The maximum absolute atomic E-state index is 12.3. The highest BCUT2D eigenvalue weighted by molar-refractivity contribution is 5.78. The molecule has 7 nitrogen and oxygen atoms in total. The van der Waals surface area contributed by atoms with Crippen molar-refractivity contribution in [1.29, 1.82) is 0 Å².